The van der Waals surface area contributed by atoms with Crippen molar-refractivity contribution in [2.45, 2.75) is 31.6 Å². The number of carbonyl (C=O) groups excluding carboxylic acids is 2. The van der Waals surface area contributed by atoms with Gasteiger partial charge in [0.1, 0.15) is 5.60 Å². The number of fused-ring (bicyclic) bond motifs is 1. The highest BCUT2D eigenvalue weighted by Gasteiger charge is 2.66. The van der Waals surface area contributed by atoms with Crippen LogP contribution in [0.25, 0.3) is 0 Å². The molecule has 2 fully saturated rings. The Balaban J connectivity index is 1.30. The molecule has 4 heterocycles. The van der Waals surface area contributed by atoms with Gasteiger partial charge in [0.25, 0.3) is 0 Å². The number of hydrogen-bond acceptors (Lipinski definition) is 5. The number of ether oxygens (including phenoxy) is 1. The summed E-state index contributed by atoms with van der Waals surface area (Å²) in [5, 5.41) is 3.68. The molecule has 0 saturated carbocycles. The SMILES string of the molecule is Cc1ccc(CCN2CC34C=CC(O3)C(C(=O)N(C)Cc3ccno3)C4C2=O)cc1. The van der Waals surface area contributed by atoms with Crippen LogP contribution < -0.4 is 0 Å². The Labute approximate surface area is 175 Å². The second-order valence-electron chi connectivity index (χ2n) is 8.57. The van der Waals surface area contributed by atoms with Crippen LogP contribution in [0.1, 0.15) is 16.9 Å². The molecule has 1 aromatic carbocycles. The van der Waals surface area contributed by atoms with E-state index >= 15 is 0 Å². The minimum Gasteiger partial charge on any atom is -0.360 e. The molecule has 3 aliphatic rings. The summed E-state index contributed by atoms with van der Waals surface area (Å²) in [6, 6.07) is 10.1. The van der Waals surface area contributed by atoms with E-state index < -0.39 is 17.4 Å². The normalized spacial score (nSPS) is 28.9. The summed E-state index contributed by atoms with van der Waals surface area (Å²) in [5.74, 6) is -0.436. The smallest absolute Gasteiger partial charge is 0.230 e. The fourth-order valence-corrected chi connectivity index (χ4v) is 4.96. The number of rotatable bonds is 6. The molecule has 0 radical (unpaired) electrons. The fraction of sp³-hybridized carbons (Fsp3) is 0.435. The zero-order chi connectivity index (χ0) is 20.9. The molecule has 1 aromatic heterocycles. The first-order valence-corrected chi connectivity index (χ1v) is 10.3. The second-order valence-corrected chi connectivity index (χ2v) is 8.57. The summed E-state index contributed by atoms with van der Waals surface area (Å²) in [7, 11) is 1.72. The number of aryl methyl sites for hydroxylation is 1. The monoisotopic (exact) mass is 407 g/mol. The Bertz CT molecular complexity index is 984. The summed E-state index contributed by atoms with van der Waals surface area (Å²) >= 11 is 0. The Morgan fingerprint density at radius 2 is 2.10 bits per heavy atom. The minimum atomic E-state index is -0.678. The van der Waals surface area contributed by atoms with Gasteiger partial charge in [-0.2, -0.15) is 0 Å². The van der Waals surface area contributed by atoms with Crippen LogP contribution >= 0.6 is 0 Å². The van der Waals surface area contributed by atoms with Crippen LogP contribution in [0.4, 0.5) is 0 Å². The van der Waals surface area contributed by atoms with Gasteiger partial charge in [-0.3, -0.25) is 9.59 Å². The quantitative estimate of drug-likeness (QED) is 0.685. The summed E-state index contributed by atoms with van der Waals surface area (Å²) in [6.07, 6.45) is 5.93. The van der Waals surface area contributed by atoms with Crippen LogP contribution in [0.2, 0.25) is 0 Å². The van der Waals surface area contributed by atoms with E-state index in [2.05, 4.69) is 36.3 Å². The molecule has 3 aliphatic heterocycles. The van der Waals surface area contributed by atoms with Gasteiger partial charge in [-0.05, 0) is 18.9 Å². The van der Waals surface area contributed by atoms with Gasteiger partial charge < -0.3 is 19.1 Å². The Kier molecular flexibility index (Phi) is 4.50. The Morgan fingerprint density at radius 3 is 2.83 bits per heavy atom. The van der Waals surface area contributed by atoms with Crippen molar-refractivity contribution in [1.82, 2.24) is 15.0 Å². The maximum Gasteiger partial charge on any atom is 0.230 e. The predicted octanol–water partition coefficient (Wildman–Crippen LogP) is 1.97. The summed E-state index contributed by atoms with van der Waals surface area (Å²) < 4.78 is 11.3. The van der Waals surface area contributed by atoms with E-state index in [1.54, 1.807) is 24.2 Å². The minimum absolute atomic E-state index is 0.0142. The lowest BCUT2D eigenvalue weighted by molar-refractivity contribution is -0.142. The van der Waals surface area contributed by atoms with Gasteiger partial charge in [0.2, 0.25) is 11.8 Å². The van der Waals surface area contributed by atoms with Crippen molar-refractivity contribution in [2.24, 2.45) is 11.8 Å². The van der Waals surface area contributed by atoms with E-state index in [1.165, 1.54) is 11.1 Å². The molecule has 30 heavy (non-hydrogen) atoms. The van der Waals surface area contributed by atoms with Crippen molar-refractivity contribution in [3.05, 3.63) is 65.6 Å². The van der Waals surface area contributed by atoms with Crippen molar-refractivity contribution in [2.75, 3.05) is 20.1 Å². The van der Waals surface area contributed by atoms with E-state index in [0.29, 0.717) is 25.4 Å². The van der Waals surface area contributed by atoms with E-state index in [1.807, 2.05) is 17.1 Å². The van der Waals surface area contributed by atoms with E-state index in [0.717, 1.165) is 6.42 Å². The summed E-state index contributed by atoms with van der Waals surface area (Å²) in [6.45, 7) is 3.50. The van der Waals surface area contributed by atoms with Crippen molar-refractivity contribution in [3.63, 3.8) is 0 Å². The van der Waals surface area contributed by atoms with Crippen molar-refractivity contribution in [3.8, 4) is 0 Å². The highest BCUT2D eigenvalue weighted by atomic mass is 16.5. The zero-order valence-electron chi connectivity index (χ0n) is 17.2. The van der Waals surface area contributed by atoms with Crippen molar-refractivity contribution < 1.29 is 18.8 Å². The van der Waals surface area contributed by atoms with E-state index in [9.17, 15) is 9.59 Å². The largest absolute Gasteiger partial charge is 0.360 e. The molecule has 7 heteroatoms. The third kappa shape index (κ3) is 3.04. The highest BCUT2D eigenvalue weighted by Crippen LogP contribution is 2.52. The van der Waals surface area contributed by atoms with Gasteiger partial charge in [0.05, 0.1) is 37.2 Å². The average Bonchev–Trinajstić information content (AvgIpc) is 3.50. The molecule has 2 saturated heterocycles. The van der Waals surface area contributed by atoms with Gasteiger partial charge in [-0.25, -0.2) is 0 Å². The number of carbonyl (C=O) groups is 2. The van der Waals surface area contributed by atoms with E-state index in [4.69, 9.17) is 9.26 Å². The van der Waals surface area contributed by atoms with Gasteiger partial charge in [0.15, 0.2) is 5.76 Å². The number of benzene rings is 1. The molecule has 2 aromatic rings. The number of amides is 2. The average molecular weight is 407 g/mol. The van der Waals surface area contributed by atoms with E-state index in [-0.39, 0.29) is 17.9 Å². The van der Waals surface area contributed by atoms with Crippen molar-refractivity contribution in [1.29, 1.82) is 0 Å². The molecule has 7 nitrogen and oxygen atoms in total. The lowest BCUT2D eigenvalue weighted by Crippen LogP contribution is -2.44. The van der Waals surface area contributed by atoms with Gasteiger partial charge in [-0.1, -0.05) is 47.1 Å². The van der Waals surface area contributed by atoms with Crippen molar-refractivity contribution >= 4 is 11.8 Å². The lowest BCUT2D eigenvalue weighted by atomic mass is 9.76. The number of hydrogen-bond donors (Lipinski definition) is 0. The fourth-order valence-electron chi connectivity index (χ4n) is 4.96. The van der Waals surface area contributed by atoms with Crippen LogP contribution in [0, 0.1) is 18.8 Å². The second kappa shape index (κ2) is 7.09. The molecule has 4 unspecified atom stereocenters. The first-order valence-electron chi connectivity index (χ1n) is 10.3. The summed E-state index contributed by atoms with van der Waals surface area (Å²) in [5.41, 5.74) is 1.74. The lowest BCUT2D eigenvalue weighted by Gasteiger charge is -2.27. The summed E-state index contributed by atoms with van der Waals surface area (Å²) in [4.78, 5) is 30.0. The highest BCUT2D eigenvalue weighted by molar-refractivity contribution is 5.93. The first kappa shape index (κ1) is 19.1. The number of likely N-dealkylation sites (tertiary alicyclic amines) is 1. The third-order valence-corrected chi connectivity index (χ3v) is 6.52. The molecule has 0 aliphatic carbocycles. The molecular formula is C23H25N3O4. The van der Waals surface area contributed by atoms with Crippen LogP contribution in [-0.4, -0.2) is 58.6 Å². The van der Waals surface area contributed by atoms with Gasteiger partial charge in [-0.15, -0.1) is 0 Å². The molecule has 5 rings (SSSR count). The van der Waals surface area contributed by atoms with Gasteiger partial charge >= 0.3 is 0 Å². The molecule has 156 valence electrons. The molecule has 0 N–H and O–H groups in total. The molecule has 1 spiro atoms. The number of aromatic nitrogens is 1. The topological polar surface area (TPSA) is 75.9 Å². The van der Waals surface area contributed by atoms with Crippen LogP contribution in [0.5, 0.6) is 0 Å². The standard InChI is InChI=1S/C23H25N3O4/c1-15-3-5-16(6-4-15)9-12-26-14-23-10-7-18(29-23)19(20(23)22(26)28)21(27)25(2)13-17-8-11-24-30-17/h3-8,10-11,18-20H,9,12-14H2,1-2H3. The zero-order valence-corrected chi connectivity index (χ0v) is 17.2. The maximum absolute atomic E-state index is 13.3. The Morgan fingerprint density at radius 1 is 1.30 bits per heavy atom. The molecule has 2 amide bonds. The van der Waals surface area contributed by atoms with Crippen LogP contribution in [0.3, 0.4) is 0 Å². The third-order valence-electron chi connectivity index (χ3n) is 6.52. The van der Waals surface area contributed by atoms with Crippen LogP contribution in [0.15, 0.2) is 53.2 Å². The van der Waals surface area contributed by atoms with Gasteiger partial charge in [0, 0.05) is 19.7 Å². The number of nitrogens with zero attached hydrogens (tertiary/aromatic N) is 3. The molecule has 2 bridgehead atoms. The molecule has 4 atom stereocenters. The Hall–Kier alpha value is -2.93. The van der Waals surface area contributed by atoms with Crippen LogP contribution in [-0.2, 0) is 27.3 Å². The first-order chi connectivity index (χ1) is 14.5. The maximum atomic E-state index is 13.3. The predicted molar refractivity (Wildman–Crippen MR) is 108 cm³/mol. The molecular weight excluding hydrogens is 382 g/mol.